The molecule has 1 aliphatic heterocycles. The molecule has 0 atom stereocenters. The third-order valence-corrected chi connectivity index (χ3v) is 4.00. The number of carbonyl (C=O) groups excluding carboxylic acids is 1. The molecule has 2 aromatic rings. The van der Waals surface area contributed by atoms with Crippen LogP contribution in [0.4, 0.5) is 4.79 Å². The summed E-state index contributed by atoms with van der Waals surface area (Å²) in [5, 5.41) is 10.1. The van der Waals surface area contributed by atoms with Gasteiger partial charge in [0.2, 0.25) is 0 Å². The average Bonchev–Trinajstić information content (AvgIpc) is 2.83. The first-order valence-corrected chi connectivity index (χ1v) is 7.23. The van der Waals surface area contributed by atoms with Crippen LogP contribution in [-0.2, 0) is 13.1 Å². The van der Waals surface area contributed by atoms with Crippen LogP contribution in [0.1, 0.15) is 35.8 Å². The summed E-state index contributed by atoms with van der Waals surface area (Å²) in [7, 11) is 0. The minimum atomic E-state index is -0.884. The fourth-order valence-electron chi connectivity index (χ4n) is 2.93. The predicted molar refractivity (Wildman–Crippen MR) is 79.6 cm³/mol. The maximum atomic E-state index is 12.0. The van der Waals surface area contributed by atoms with E-state index in [4.69, 9.17) is 5.11 Å². The number of benzene rings is 1. The van der Waals surface area contributed by atoms with E-state index in [1.165, 1.54) is 4.90 Å². The number of hydrogen-bond donors (Lipinski definition) is 1. The van der Waals surface area contributed by atoms with Crippen LogP contribution >= 0.6 is 0 Å². The second kappa shape index (κ2) is 5.24. The molecule has 2 heterocycles. The molecule has 1 aromatic heterocycles. The summed E-state index contributed by atoms with van der Waals surface area (Å²) in [6.45, 7) is 3.56. The average molecular weight is 286 g/mol. The van der Waals surface area contributed by atoms with Crippen LogP contribution < -0.4 is 0 Å². The zero-order chi connectivity index (χ0) is 15.0. The van der Waals surface area contributed by atoms with Gasteiger partial charge in [-0.05, 0) is 30.7 Å². The summed E-state index contributed by atoms with van der Waals surface area (Å²) in [6.07, 6.45) is 0.521. The Kier molecular flexibility index (Phi) is 3.41. The van der Waals surface area contributed by atoms with Gasteiger partial charge >= 0.3 is 6.09 Å². The van der Waals surface area contributed by atoms with Crippen LogP contribution in [0.15, 0.2) is 24.3 Å². The monoisotopic (exact) mass is 286 g/mol. The van der Waals surface area contributed by atoms with E-state index in [0.717, 1.165) is 28.6 Å². The Balaban J connectivity index is 1.98. The molecule has 1 N–H and O–H groups in total. The smallest absolute Gasteiger partial charge is 0.407 e. The molecule has 0 bridgehead atoms. The van der Waals surface area contributed by atoms with Crippen molar-refractivity contribution in [3.63, 3.8) is 0 Å². The second-order valence-corrected chi connectivity index (χ2v) is 5.44. The Morgan fingerprint density at radius 3 is 2.76 bits per heavy atom. The summed E-state index contributed by atoms with van der Waals surface area (Å²) in [5.41, 5.74) is 2.80. The van der Waals surface area contributed by atoms with Crippen LogP contribution in [0.25, 0.3) is 10.9 Å². The normalized spacial score (nSPS) is 14.2. The number of rotatable bonds is 3. The fourth-order valence-corrected chi connectivity index (χ4v) is 2.93. The van der Waals surface area contributed by atoms with Crippen LogP contribution in [-0.4, -0.2) is 33.0 Å². The molecule has 1 aliphatic rings. The second-order valence-electron chi connectivity index (χ2n) is 5.44. The summed E-state index contributed by atoms with van der Waals surface area (Å²) in [4.78, 5) is 24.5. The Hall–Kier alpha value is -2.30. The van der Waals surface area contributed by atoms with Crippen LogP contribution in [0.2, 0.25) is 0 Å². The minimum absolute atomic E-state index is 0.163. The van der Waals surface area contributed by atoms with Gasteiger partial charge in [0.05, 0.1) is 6.54 Å². The van der Waals surface area contributed by atoms with Crippen molar-refractivity contribution in [1.82, 2.24) is 9.47 Å². The molecule has 1 aromatic carbocycles. The summed E-state index contributed by atoms with van der Waals surface area (Å²) < 4.78 is 2.14. The number of Topliss-reactive ketones (excluding diaryl/α,β-unsaturated/α-hetero) is 1. The van der Waals surface area contributed by atoms with Gasteiger partial charge in [-0.2, -0.15) is 0 Å². The Bertz CT molecular complexity index is 718. The van der Waals surface area contributed by atoms with Gasteiger partial charge < -0.3 is 14.6 Å². The Morgan fingerprint density at radius 2 is 2.05 bits per heavy atom. The number of hydrogen-bond acceptors (Lipinski definition) is 2. The highest BCUT2D eigenvalue weighted by Crippen LogP contribution is 2.25. The maximum Gasteiger partial charge on any atom is 0.407 e. The van der Waals surface area contributed by atoms with Crippen molar-refractivity contribution in [3.8, 4) is 0 Å². The van der Waals surface area contributed by atoms with Gasteiger partial charge in [-0.25, -0.2) is 4.79 Å². The van der Waals surface area contributed by atoms with Crippen molar-refractivity contribution in [2.24, 2.45) is 0 Å². The van der Waals surface area contributed by atoms with Crippen LogP contribution in [0.5, 0.6) is 0 Å². The van der Waals surface area contributed by atoms with Crippen molar-refractivity contribution in [2.45, 2.75) is 32.9 Å². The first-order chi connectivity index (χ1) is 10.1. The van der Waals surface area contributed by atoms with E-state index in [2.05, 4.69) is 4.57 Å². The van der Waals surface area contributed by atoms with E-state index in [-0.39, 0.29) is 5.78 Å². The third kappa shape index (κ3) is 2.39. The summed E-state index contributed by atoms with van der Waals surface area (Å²) in [5.74, 6) is 0.163. The highest BCUT2D eigenvalue weighted by molar-refractivity contribution is 5.99. The number of carboxylic acid groups (broad SMARTS) is 1. The van der Waals surface area contributed by atoms with Gasteiger partial charge in [0.25, 0.3) is 0 Å². The molecular formula is C16H18N2O3. The molecule has 21 heavy (non-hydrogen) atoms. The van der Waals surface area contributed by atoms with E-state index < -0.39 is 6.09 Å². The van der Waals surface area contributed by atoms with Gasteiger partial charge in [0, 0.05) is 41.7 Å². The predicted octanol–water partition coefficient (Wildman–Crippen LogP) is 3.12. The number of fused-ring (bicyclic) bond motifs is 3. The van der Waals surface area contributed by atoms with Crippen molar-refractivity contribution in [1.29, 1.82) is 0 Å². The summed E-state index contributed by atoms with van der Waals surface area (Å²) >= 11 is 0. The minimum Gasteiger partial charge on any atom is -0.465 e. The largest absolute Gasteiger partial charge is 0.465 e. The van der Waals surface area contributed by atoms with E-state index in [1.54, 1.807) is 0 Å². The topological polar surface area (TPSA) is 62.5 Å². The maximum absolute atomic E-state index is 12.0. The van der Waals surface area contributed by atoms with Gasteiger partial charge in [-0.3, -0.25) is 4.79 Å². The molecule has 0 spiro atoms. The standard InChI is InChI=1S/C16H18N2O3/c1-2-3-15(19)11-4-5-14-12(8-11)9-13-10-17(16(20)21)6-7-18(13)14/h4-5,8-9H,2-3,6-7,10H2,1H3,(H,20,21). The number of ketones is 1. The van der Waals surface area contributed by atoms with Gasteiger partial charge in [-0.15, -0.1) is 0 Å². The van der Waals surface area contributed by atoms with Crippen molar-refractivity contribution < 1.29 is 14.7 Å². The zero-order valence-electron chi connectivity index (χ0n) is 12.0. The van der Waals surface area contributed by atoms with Gasteiger partial charge in [0.15, 0.2) is 5.78 Å². The molecule has 1 amide bonds. The molecule has 0 saturated carbocycles. The lowest BCUT2D eigenvalue weighted by atomic mass is 10.1. The molecule has 0 unspecified atom stereocenters. The van der Waals surface area contributed by atoms with Crippen molar-refractivity contribution >= 4 is 22.8 Å². The number of amides is 1. The van der Waals surface area contributed by atoms with Crippen LogP contribution in [0, 0.1) is 0 Å². The Labute approximate surface area is 122 Å². The van der Waals surface area contributed by atoms with Crippen molar-refractivity contribution in [3.05, 3.63) is 35.5 Å². The lowest BCUT2D eigenvalue weighted by Gasteiger charge is -2.26. The van der Waals surface area contributed by atoms with E-state index >= 15 is 0 Å². The molecule has 0 saturated heterocycles. The highest BCUT2D eigenvalue weighted by Gasteiger charge is 2.22. The molecule has 0 fully saturated rings. The molecule has 0 radical (unpaired) electrons. The molecule has 5 nitrogen and oxygen atoms in total. The number of carbonyl (C=O) groups is 2. The molecular weight excluding hydrogens is 268 g/mol. The van der Waals surface area contributed by atoms with Gasteiger partial charge in [-0.1, -0.05) is 6.92 Å². The lowest BCUT2D eigenvalue weighted by molar-refractivity contribution is 0.0981. The molecule has 0 aliphatic carbocycles. The lowest BCUT2D eigenvalue weighted by Crippen LogP contribution is -2.36. The van der Waals surface area contributed by atoms with Crippen molar-refractivity contribution in [2.75, 3.05) is 6.54 Å². The molecule has 5 heteroatoms. The van der Waals surface area contributed by atoms with E-state index in [9.17, 15) is 9.59 Å². The SMILES string of the molecule is CCCC(=O)c1ccc2c(c1)cc1n2CCN(C(=O)O)C1. The number of aromatic nitrogens is 1. The fraction of sp³-hybridized carbons (Fsp3) is 0.375. The number of nitrogens with zero attached hydrogens (tertiary/aromatic N) is 2. The molecule has 110 valence electrons. The van der Waals surface area contributed by atoms with E-state index in [0.29, 0.717) is 26.1 Å². The van der Waals surface area contributed by atoms with E-state index in [1.807, 2.05) is 31.2 Å². The summed E-state index contributed by atoms with van der Waals surface area (Å²) in [6, 6.07) is 7.76. The molecule has 3 rings (SSSR count). The first-order valence-electron chi connectivity index (χ1n) is 7.23. The zero-order valence-corrected chi connectivity index (χ0v) is 12.0. The quantitative estimate of drug-likeness (QED) is 0.882. The third-order valence-electron chi connectivity index (χ3n) is 4.00. The van der Waals surface area contributed by atoms with Gasteiger partial charge in [0.1, 0.15) is 0 Å². The first kappa shape index (κ1) is 13.7. The Morgan fingerprint density at radius 1 is 1.24 bits per heavy atom. The highest BCUT2D eigenvalue weighted by atomic mass is 16.4. The van der Waals surface area contributed by atoms with Crippen LogP contribution in [0.3, 0.4) is 0 Å².